The van der Waals surface area contributed by atoms with Crippen molar-refractivity contribution in [1.29, 1.82) is 0 Å². The van der Waals surface area contributed by atoms with Crippen LogP contribution in [-0.2, 0) is 4.79 Å². The first-order valence-corrected chi connectivity index (χ1v) is 9.83. The van der Waals surface area contributed by atoms with Crippen LogP contribution >= 0.6 is 0 Å². The maximum atomic E-state index is 12.0. The van der Waals surface area contributed by atoms with Gasteiger partial charge in [-0.05, 0) is 50.8 Å². The van der Waals surface area contributed by atoms with Gasteiger partial charge in [-0.1, -0.05) is 12.0 Å². The van der Waals surface area contributed by atoms with Crippen molar-refractivity contribution in [1.82, 2.24) is 9.97 Å². The molecule has 1 aromatic heterocycles. The fourth-order valence-electron chi connectivity index (χ4n) is 3.67. The van der Waals surface area contributed by atoms with Crippen molar-refractivity contribution < 1.29 is 9.53 Å². The van der Waals surface area contributed by atoms with Gasteiger partial charge in [0, 0.05) is 18.7 Å². The molecule has 2 aliphatic rings. The van der Waals surface area contributed by atoms with Crippen molar-refractivity contribution >= 4 is 23.4 Å². The van der Waals surface area contributed by atoms with Crippen molar-refractivity contribution in [2.45, 2.75) is 38.8 Å². The molecular formula is C22H25N5O2. The average Bonchev–Trinajstić information content (AvgIpc) is 2.69. The Labute approximate surface area is 170 Å². The van der Waals surface area contributed by atoms with E-state index in [0.29, 0.717) is 30.2 Å². The van der Waals surface area contributed by atoms with Gasteiger partial charge in [-0.3, -0.25) is 4.79 Å². The number of carbonyl (C=O) groups is 1. The van der Waals surface area contributed by atoms with Gasteiger partial charge in [0.15, 0.2) is 5.82 Å². The van der Waals surface area contributed by atoms with Crippen LogP contribution in [0.4, 0.5) is 17.5 Å². The molecule has 0 spiro atoms. The van der Waals surface area contributed by atoms with Crippen LogP contribution in [0.3, 0.4) is 0 Å². The van der Waals surface area contributed by atoms with Crippen molar-refractivity contribution in [3.63, 3.8) is 0 Å². The quantitative estimate of drug-likeness (QED) is 0.763. The molecule has 2 heterocycles. The number of aromatic nitrogens is 2. The summed E-state index contributed by atoms with van der Waals surface area (Å²) < 4.78 is 5.88. The van der Waals surface area contributed by atoms with Crippen LogP contribution in [0, 0.1) is 25.2 Å². The van der Waals surface area contributed by atoms with E-state index >= 15 is 0 Å². The number of anilines is 3. The standard InChI is InChI=1S/C22H25N5O2/c1-5-15-7-6-8-18(11-15)29-12-16-9-17(10-16)24-22-23-13(2)19-20(26-22)27(4)14(3)21(28)25-19/h1,6-8,11,14,16-17H,9-10,12H2,2-4H3,(H,25,28)(H,23,24,26)/t14-,16-,17+/m0/s1. The van der Waals surface area contributed by atoms with Gasteiger partial charge in [0.05, 0.1) is 12.3 Å². The summed E-state index contributed by atoms with van der Waals surface area (Å²) >= 11 is 0. The van der Waals surface area contributed by atoms with E-state index in [9.17, 15) is 4.79 Å². The molecule has 0 saturated heterocycles. The Morgan fingerprint density at radius 1 is 1.38 bits per heavy atom. The van der Waals surface area contributed by atoms with E-state index in [1.54, 1.807) is 0 Å². The van der Waals surface area contributed by atoms with E-state index in [-0.39, 0.29) is 11.9 Å². The lowest BCUT2D eigenvalue weighted by atomic mass is 9.81. The van der Waals surface area contributed by atoms with Gasteiger partial charge in [0.1, 0.15) is 17.5 Å². The second-order valence-electron chi connectivity index (χ2n) is 7.77. The number of rotatable bonds is 5. The number of terminal acetylenes is 1. The fourth-order valence-corrected chi connectivity index (χ4v) is 3.67. The third-order valence-corrected chi connectivity index (χ3v) is 5.67. The van der Waals surface area contributed by atoms with E-state index in [1.807, 2.05) is 50.1 Å². The molecule has 2 N–H and O–H groups in total. The summed E-state index contributed by atoms with van der Waals surface area (Å²) in [5.41, 5.74) is 2.28. The molecule has 1 amide bonds. The third kappa shape index (κ3) is 3.83. The molecule has 0 bridgehead atoms. The average molecular weight is 391 g/mol. The summed E-state index contributed by atoms with van der Waals surface area (Å²) in [6.45, 7) is 4.42. The Bertz CT molecular complexity index is 978. The summed E-state index contributed by atoms with van der Waals surface area (Å²) in [5.74, 6) is 5.23. The predicted molar refractivity (Wildman–Crippen MR) is 113 cm³/mol. The summed E-state index contributed by atoms with van der Waals surface area (Å²) in [6.07, 6.45) is 7.42. The Morgan fingerprint density at radius 2 is 2.17 bits per heavy atom. The minimum absolute atomic E-state index is 0.0398. The Kier molecular flexibility index (Phi) is 5.01. The zero-order valence-corrected chi connectivity index (χ0v) is 16.9. The van der Waals surface area contributed by atoms with Crippen molar-refractivity contribution in [3.05, 3.63) is 35.5 Å². The first-order chi connectivity index (χ1) is 13.9. The highest BCUT2D eigenvalue weighted by atomic mass is 16.5. The lowest BCUT2D eigenvalue weighted by Gasteiger charge is -2.36. The Balaban J connectivity index is 1.33. The van der Waals surface area contributed by atoms with E-state index in [1.165, 1.54) is 0 Å². The lowest BCUT2D eigenvalue weighted by molar-refractivity contribution is -0.117. The van der Waals surface area contributed by atoms with Gasteiger partial charge in [-0.15, -0.1) is 6.42 Å². The largest absolute Gasteiger partial charge is 0.493 e. The molecule has 7 nitrogen and oxygen atoms in total. The molecule has 1 aliphatic carbocycles. The number of benzene rings is 1. The molecular weight excluding hydrogens is 366 g/mol. The van der Waals surface area contributed by atoms with Gasteiger partial charge < -0.3 is 20.3 Å². The molecule has 0 unspecified atom stereocenters. The van der Waals surface area contributed by atoms with Crippen LogP contribution in [0.25, 0.3) is 0 Å². The number of hydrogen-bond acceptors (Lipinski definition) is 6. The highest BCUT2D eigenvalue weighted by Crippen LogP contribution is 2.34. The van der Waals surface area contributed by atoms with Crippen LogP contribution in [0.1, 0.15) is 31.0 Å². The van der Waals surface area contributed by atoms with Crippen LogP contribution in [0.2, 0.25) is 0 Å². The number of amides is 1. The molecule has 29 heavy (non-hydrogen) atoms. The Morgan fingerprint density at radius 3 is 2.93 bits per heavy atom. The summed E-state index contributed by atoms with van der Waals surface area (Å²) in [4.78, 5) is 23.1. The lowest BCUT2D eigenvalue weighted by Crippen LogP contribution is -2.45. The first-order valence-electron chi connectivity index (χ1n) is 9.83. The summed E-state index contributed by atoms with van der Waals surface area (Å²) in [7, 11) is 1.88. The third-order valence-electron chi connectivity index (χ3n) is 5.67. The SMILES string of the molecule is C#Cc1cccc(OC[C@H]2C[C@@H](Nc3nc(C)c4c(n3)N(C)[C@@H](C)C(=O)N4)C2)c1. The maximum Gasteiger partial charge on any atom is 0.246 e. The number of aryl methyl sites for hydroxylation is 1. The number of fused-ring (bicyclic) bond motifs is 1. The number of nitrogens with zero attached hydrogens (tertiary/aromatic N) is 3. The van der Waals surface area contributed by atoms with E-state index in [4.69, 9.17) is 11.2 Å². The molecule has 7 heteroatoms. The summed E-state index contributed by atoms with van der Waals surface area (Å²) in [5, 5.41) is 6.32. The van der Waals surface area contributed by atoms with Gasteiger partial charge >= 0.3 is 0 Å². The minimum Gasteiger partial charge on any atom is -0.493 e. The van der Waals surface area contributed by atoms with E-state index < -0.39 is 0 Å². The smallest absolute Gasteiger partial charge is 0.246 e. The summed E-state index contributed by atoms with van der Waals surface area (Å²) in [6, 6.07) is 7.66. The van der Waals surface area contributed by atoms with Crippen molar-refractivity contribution in [2.24, 2.45) is 5.92 Å². The fraction of sp³-hybridized carbons (Fsp3) is 0.409. The normalized spacial score (nSPS) is 22.8. The molecule has 150 valence electrons. The molecule has 1 saturated carbocycles. The van der Waals surface area contributed by atoms with Gasteiger partial charge in [0.25, 0.3) is 0 Å². The van der Waals surface area contributed by atoms with E-state index in [2.05, 4.69) is 26.5 Å². The van der Waals surface area contributed by atoms with Crippen molar-refractivity contribution in [2.75, 3.05) is 29.2 Å². The molecule has 4 rings (SSSR count). The minimum atomic E-state index is -0.261. The van der Waals surface area contributed by atoms with Crippen LogP contribution < -0.4 is 20.3 Å². The zero-order chi connectivity index (χ0) is 20.5. The maximum absolute atomic E-state index is 12.0. The molecule has 0 radical (unpaired) electrons. The number of likely N-dealkylation sites (N-methyl/N-ethyl adjacent to an activating group) is 1. The monoisotopic (exact) mass is 391 g/mol. The van der Waals surface area contributed by atoms with Gasteiger partial charge in [-0.2, -0.15) is 4.98 Å². The topological polar surface area (TPSA) is 79.4 Å². The zero-order valence-electron chi connectivity index (χ0n) is 16.9. The number of carbonyl (C=O) groups excluding carboxylic acids is 1. The highest BCUT2D eigenvalue weighted by Gasteiger charge is 2.33. The van der Waals surface area contributed by atoms with Crippen LogP contribution in [0.5, 0.6) is 5.75 Å². The van der Waals surface area contributed by atoms with Gasteiger partial charge in [0.2, 0.25) is 11.9 Å². The van der Waals surface area contributed by atoms with Crippen molar-refractivity contribution in [3.8, 4) is 18.1 Å². The van der Waals surface area contributed by atoms with E-state index in [0.717, 1.165) is 35.7 Å². The molecule has 1 fully saturated rings. The molecule has 1 aliphatic heterocycles. The molecule has 1 aromatic carbocycles. The van der Waals surface area contributed by atoms with Gasteiger partial charge in [-0.25, -0.2) is 4.98 Å². The Hall–Kier alpha value is -3.27. The molecule has 1 atom stereocenters. The number of ether oxygens (including phenoxy) is 1. The second-order valence-corrected chi connectivity index (χ2v) is 7.77. The predicted octanol–water partition coefficient (Wildman–Crippen LogP) is 2.81. The highest BCUT2D eigenvalue weighted by molar-refractivity contribution is 6.03. The number of nitrogens with one attached hydrogen (secondary N) is 2. The van der Waals surface area contributed by atoms with Crippen LogP contribution in [0.15, 0.2) is 24.3 Å². The van der Waals surface area contributed by atoms with Crippen LogP contribution in [-0.4, -0.2) is 41.6 Å². The second kappa shape index (κ2) is 7.63. The molecule has 2 aromatic rings. The first kappa shape index (κ1) is 19.1. The number of hydrogen-bond donors (Lipinski definition) is 2.